The Bertz CT molecular complexity index is 440. The SMILES string of the molecule is CC1C(=O)N(Cc2ccc(Cl)nn2)C(=O)C1C. The van der Waals surface area contributed by atoms with Gasteiger partial charge < -0.3 is 0 Å². The van der Waals surface area contributed by atoms with Gasteiger partial charge >= 0.3 is 0 Å². The number of hydrogen-bond donors (Lipinski definition) is 0. The standard InChI is InChI=1S/C11H12ClN3O2/c1-6-7(2)11(17)15(10(6)16)5-8-3-4-9(12)14-13-8/h3-4,6-7H,5H2,1-2H3. The normalized spacial score (nSPS) is 24.5. The minimum atomic E-state index is -0.261. The molecular formula is C11H12ClN3O2. The molecule has 0 saturated carbocycles. The van der Waals surface area contributed by atoms with E-state index in [4.69, 9.17) is 11.6 Å². The first-order chi connectivity index (χ1) is 8.00. The van der Waals surface area contributed by atoms with Crippen LogP contribution in [0.15, 0.2) is 12.1 Å². The predicted octanol–water partition coefficient (Wildman–Crippen LogP) is 1.27. The summed E-state index contributed by atoms with van der Waals surface area (Å²) < 4.78 is 0. The van der Waals surface area contributed by atoms with Gasteiger partial charge in [-0.05, 0) is 12.1 Å². The Morgan fingerprint density at radius 3 is 2.24 bits per heavy atom. The van der Waals surface area contributed by atoms with Crippen molar-refractivity contribution in [3.8, 4) is 0 Å². The van der Waals surface area contributed by atoms with Crippen LogP contribution < -0.4 is 0 Å². The first kappa shape index (κ1) is 12.0. The lowest BCUT2D eigenvalue weighted by Gasteiger charge is -2.13. The van der Waals surface area contributed by atoms with E-state index in [1.807, 2.05) is 0 Å². The van der Waals surface area contributed by atoms with E-state index in [0.717, 1.165) is 0 Å². The van der Waals surface area contributed by atoms with Crippen LogP contribution in [0, 0.1) is 11.8 Å². The number of likely N-dealkylation sites (tertiary alicyclic amines) is 1. The second-order valence-electron chi connectivity index (χ2n) is 4.19. The number of nitrogens with zero attached hydrogens (tertiary/aromatic N) is 3. The number of carbonyl (C=O) groups excluding carboxylic acids is 2. The van der Waals surface area contributed by atoms with Crippen molar-refractivity contribution in [2.45, 2.75) is 20.4 Å². The summed E-state index contributed by atoms with van der Waals surface area (Å²) in [6.07, 6.45) is 0. The van der Waals surface area contributed by atoms with Gasteiger partial charge in [-0.3, -0.25) is 14.5 Å². The third-order valence-electron chi connectivity index (χ3n) is 3.07. The number of carbonyl (C=O) groups is 2. The molecule has 0 aromatic carbocycles. The maximum Gasteiger partial charge on any atom is 0.233 e. The molecular weight excluding hydrogens is 242 g/mol. The zero-order valence-corrected chi connectivity index (χ0v) is 10.3. The van der Waals surface area contributed by atoms with Crippen molar-refractivity contribution in [3.05, 3.63) is 23.0 Å². The highest BCUT2D eigenvalue weighted by molar-refractivity contribution is 6.29. The zero-order chi connectivity index (χ0) is 12.6. The summed E-state index contributed by atoms with van der Waals surface area (Å²) in [4.78, 5) is 24.9. The molecule has 17 heavy (non-hydrogen) atoms. The third kappa shape index (κ3) is 2.15. The number of amides is 2. The van der Waals surface area contributed by atoms with E-state index < -0.39 is 0 Å². The maximum absolute atomic E-state index is 11.8. The van der Waals surface area contributed by atoms with E-state index in [0.29, 0.717) is 5.69 Å². The third-order valence-corrected chi connectivity index (χ3v) is 3.27. The summed E-state index contributed by atoms with van der Waals surface area (Å²) >= 11 is 5.61. The smallest absolute Gasteiger partial charge is 0.233 e. The van der Waals surface area contributed by atoms with E-state index in [-0.39, 0.29) is 35.3 Å². The Hall–Kier alpha value is -1.49. The van der Waals surface area contributed by atoms with Crippen LogP contribution in [-0.4, -0.2) is 26.9 Å². The van der Waals surface area contributed by atoms with Crippen LogP contribution in [0.3, 0.4) is 0 Å². The molecule has 2 unspecified atom stereocenters. The molecule has 1 fully saturated rings. The first-order valence-corrected chi connectivity index (χ1v) is 5.72. The van der Waals surface area contributed by atoms with Gasteiger partial charge in [-0.2, -0.15) is 5.10 Å². The van der Waals surface area contributed by atoms with Gasteiger partial charge in [-0.15, -0.1) is 5.10 Å². The van der Waals surface area contributed by atoms with Gasteiger partial charge in [0.05, 0.1) is 12.2 Å². The lowest BCUT2D eigenvalue weighted by atomic mass is 10.00. The Balaban J connectivity index is 2.17. The topological polar surface area (TPSA) is 63.2 Å². The van der Waals surface area contributed by atoms with Crippen molar-refractivity contribution < 1.29 is 9.59 Å². The average Bonchev–Trinajstić information content (AvgIpc) is 2.50. The maximum atomic E-state index is 11.8. The lowest BCUT2D eigenvalue weighted by molar-refractivity contribution is -0.140. The Morgan fingerprint density at radius 2 is 1.76 bits per heavy atom. The largest absolute Gasteiger partial charge is 0.276 e. The second-order valence-corrected chi connectivity index (χ2v) is 4.57. The van der Waals surface area contributed by atoms with Crippen LogP contribution in [0.1, 0.15) is 19.5 Å². The Morgan fingerprint density at radius 1 is 1.18 bits per heavy atom. The molecule has 2 heterocycles. The van der Waals surface area contributed by atoms with Crippen molar-refractivity contribution in [2.24, 2.45) is 11.8 Å². The highest BCUT2D eigenvalue weighted by Gasteiger charge is 2.42. The zero-order valence-electron chi connectivity index (χ0n) is 9.55. The van der Waals surface area contributed by atoms with Gasteiger partial charge in [0.25, 0.3) is 0 Å². The predicted molar refractivity (Wildman–Crippen MR) is 60.9 cm³/mol. The van der Waals surface area contributed by atoms with Gasteiger partial charge in [0.15, 0.2) is 5.15 Å². The van der Waals surface area contributed by atoms with Crippen molar-refractivity contribution in [2.75, 3.05) is 0 Å². The van der Waals surface area contributed by atoms with E-state index in [2.05, 4.69) is 10.2 Å². The number of aromatic nitrogens is 2. The molecule has 2 atom stereocenters. The Labute approximate surface area is 104 Å². The van der Waals surface area contributed by atoms with Crippen molar-refractivity contribution in [3.63, 3.8) is 0 Å². The van der Waals surface area contributed by atoms with Crippen LogP contribution in [0.2, 0.25) is 5.15 Å². The summed E-state index contributed by atoms with van der Waals surface area (Å²) in [6, 6.07) is 3.24. The van der Waals surface area contributed by atoms with Gasteiger partial charge in [0.1, 0.15) is 0 Å². The minimum absolute atomic E-state index is 0.153. The van der Waals surface area contributed by atoms with E-state index in [1.54, 1.807) is 26.0 Å². The fourth-order valence-corrected chi connectivity index (χ4v) is 1.87. The summed E-state index contributed by atoms with van der Waals surface area (Å²) in [5.41, 5.74) is 0.553. The van der Waals surface area contributed by atoms with Crippen LogP contribution in [0.5, 0.6) is 0 Å². The molecule has 1 aromatic heterocycles. The van der Waals surface area contributed by atoms with E-state index in [9.17, 15) is 9.59 Å². The van der Waals surface area contributed by atoms with E-state index in [1.165, 1.54) is 4.90 Å². The minimum Gasteiger partial charge on any atom is -0.276 e. The molecule has 0 radical (unpaired) electrons. The fourth-order valence-electron chi connectivity index (χ4n) is 1.77. The van der Waals surface area contributed by atoms with Gasteiger partial charge in [0, 0.05) is 11.8 Å². The molecule has 0 spiro atoms. The van der Waals surface area contributed by atoms with Gasteiger partial charge in [0.2, 0.25) is 11.8 Å². The summed E-state index contributed by atoms with van der Waals surface area (Å²) in [7, 11) is 0. The molecule has 0 N–H and O–H groups in total. The quantitative estimate of drug-likeness (QED) is 0.745. The van der Waals surface area contributed by atoms with Gasteiger partial charge in [-0.1, -0.05) is 25.4 Å². The van der Waals surface area contributed by atoms with Crippen LogP contribution in [-0.2, 0) is 16.1 Å². The highest BCUT2D eigenvalue weighted by Crippen LogP contribution is 2.26. The molecule has 6 heteroatoms. The summed E-state index contributed by atoms with van der Waals surface area (Å²) in [6.45, 7) is 3.69. The molecule has 1 aliphatic heterocycles. The summed E-state index contributed by atoms with van der Waals surface area (Å²) in [5.74, 6) is -0.830. The highest BCUT2D eigenvalue weighted by atomic mass is 35.5. The van der Waals surface area contributed by atoms with Crippen LogP contribution in [0.25, 0.3) is 0 Å². The molecule has 90 valence electrons. The molecule has 0 aliphatic carbocycles. The molecule has 2 rings (SSSR count). The van der Waals surface area contributed by atoms with Gasteiger partial charge in [-0.25, -0.2) is 0 Å². The summed E-state index contributed by atoms with van der Waals surface area (Å²) in [5, 5.41) is 7.79. The molecule has 0 bridgehead atoms. The molecule has 1 aromatic rings. The van der Waals surface area contributed by atoms with Crippen LogP contribution in [0.4, 0.5) is 0 Å². The monoisotopic (exact) mass is 253 g/mol. The van der Waals surface area contributed by atoms with Crippen LogP contribution >= 0.6 is 11.6 Å². The second kappa shape index (κ2) is 4.41. The molecule has 2 amide bonds. The molecule has 5 nitrogen and oxygen atoms in total. The van der Waals surface area contributed by atoms with E-state index >= 15 is 0 Å². The average molecular weight is 254 g/mol. The first-order valence-electron chi connectivity index (χ1n) is 5.34. The number of imide groups is 1. The van der Waals surface area contributed by atoms with Crippen molar-refractivity contribution >= 4 is 23.4 Å². The number of hydrogen-bond acceptors (Lipinski definition) is 4. The molecule has 1 saturated heterocycles. The Kier molecular flexibility index (Phi) is 3.11. The number of rotatable bonds is 2. The fraction of sp³-hybridized carbons (Fsp3) is 0.455. The number of halogens is 1. The van der Waals surface area contributed by atoms with Crippen molar-refractivity contribution in [1.82, 2.24) is 15.1 Å². The lowest BCUT2D eigenvalue weighted by Crippen LogP contribution is -2.30. The molecule has 1 aliphatic rings. The van der Waals surface area contributed by atoms with Crippen molar-refractivity contribution in [1.29, 1.82) is 0 Å².